The van der Waals surface area contributed by atoms with Crippen LogP contribution in [0.5, 0.6) is 5.75 Å². The van der Waals surface area contributed by atoms with Crippen molar-refractivity contribution in [3.63, 3.8) is 0 Å². The van der Waals surface area contributed by atoms with Crippen LogP contribution in [-0.4, -0.2) is 36.4 Å². The van der Waals surface area contributed by atoms with E-state index in [1.807, 2.05) is 13.0 Å². The number of unbranched alkanes of at least 4 members (excludes halogenated alkanes) is 1. The van der Waals surface area contributed by atoms with Gasteiger partial charge in [0.2, 0.25) is 5.78 Å². The zero-order valence-corrected chi connectivity index (χ0v) is 16.3. The molecule has 28 heavy (non-hydrogen) atoms. The van der Waals surface area contributed by atoms with Gasteiger partial charge in [-0.1, -0.05) is 37.6 Å². The van der Waals surface area contributed by atoms with Gasteiger partial charge in [-0.25, -0.2) is 0 Å². The Morgan fingerprint density at radius 2 is 1.96 bits per heavy atom. The number of aromatic hydroxyl groups is 1. The summed E-state index contributed by atoms with van der Waals surface area (Å²) in [5.74, 6) is -1.55. The Bertz CT molecular complexity index is 874. The van der Waals surface area contributed by atoms with Gasteiger partial charge >= 0.3 is 5.97 Å². The normalized spacial score (nSPS) is 13.8. The second-order valence-corrected chi connectivity index (χ2v) is 6.30. The number of hydrogen-bond donors (Lipinski definition) is 1. The van der Waals surface area contributed by atoms with Crippen molar-refractivity contribution >= 4 is 23.6 Å². The maximum atomic E-state index is 12.6. The number of fused-ring (bicyclic) bond motifs is 1. The first kappa shape index (κ1) is 21.2. The summed E-state index contributed by atoms with van der Waals surface area (Å²) in [5, 5.41) is 10.7. The van der Waals surface area contributed by atoms with Gasteiger partial charge in [0, 0.05) is 24.1 Å². The molecule has 0 saturated heterocycles. The van der Waals surface area contributed by atoms with Crippen LogP contribution in [0.4, 0.5) is 0 Å². The van der Waals surface area contributed by atoms with Crippen molar-refractivity contribution in [1.29, 1.82) is 0 Å². The third kappa shape index (κ3) is 4.76. The lowest BCUT2D eigenvalue weighted by molar-refractivity contribution is -0.139. The van der Waals surface area contributed by atoms with E-state index in [-0.39, 0.29) is 35.2 Å². The number of ketones is 2. The molecular formula is C22H24O6. The smallest absolute Gasteiger partial charge is 0.302 e. The molecule has 1 N–H and O–H groups in total. The molecule has 0 heterocycles. The van der Waals surface area contributed by atoms with Crippen molar-refractivity contribution in [3.8, 4) is 5.75 Å². The molecule has 0 spiro atoms. The summed E-state index contributed by atoms with van der Waals surface area (Å²) in [6.07, 6.45) is 10.4. The molecule has 6 heteroatoms. The van der Waals surface area contributed by atoms with Crippen LogP contribution >= 0.6 is 0 Å². The minimum atomic E-state index is -0.467. The van der Waals surface area contributed by atoms with Crippen molar-refractivity contribution in [2.45, 2.75) is 33.1 Å². The lowest BCUT2D eigenvalue weighted by Gasteiger charge is -2.19. The summed E-state index contributed by atoms with van der Waals surface area (Å²) in [4.78, 5) is 35.8. The van der Waals surface area contributed by atoms with Crippen molar-refractivity contribution in [2.24, 2.45) is 0 Å². The largest absolute Gasteiger partial charge is 0.507 e. The molecule has 0 radical (unpaired) electrons. The number of allylic oxidation sites excluding steroid dienone is 4. The Labute approximate surface area is 164 Å². The third-order valence-electron chi connectivity index (χ3n) is 4.25. The fraction of sp³-hybridized carbons (Fsp3) is 0.318. The molecule has 1 aliphatic rings. The van der Waals surface area contributed by atoms with Crippen LogP contribution in [0.25, 0.3) is 6.08 Å². The summed E-state index contributed by atoms with van der Waals surface area (Å²) in [5.41, 5.74) is 1.30. The number of phenolic OH excluding ortho intramolecular Hbond substituents is 1. The summed E-state index contributed by atoms with van der Waals surface area (Å²) >= 11 is 0. The maximum absolute atomic E-state index is 12.6. The summed E-state index contributed by atoms with van der Waals surface area (Å²) < 4.78 is 9.84. The van der Waals surface area contributed by atoms with Gasteiger partial charge in [0.15, 0.2) is 11.5 Å². The molecule has 2 rings (SSSR count). The number of rotatable bonds is 8. The molecule has 0 bridgehead atoms. The molecule has 0 fully saturated rings. The number of methoxy groups -OCH3 is 1. The summed E-state index contributed by atoms with van der Waals surface area (Å²) in [6.45, 7) is 3.51. The Morgan fingerprint density at radius 1 is 1.21 bits per heavy atom. The van der Waals surface area contributed by atoms with Crippen LogP contribution in [-0.2, 0) is 20.7 Å². The molecule has 1 aromatic carbocycles. The van der Waals surface area contributed by atoms with Crippen LogP contribution in [0.3, 0.4) is 0 Å². The molecule has 0 amide bonds. The second kappa shape index (κ2) is 9.69. The number of carbonyl (C=O) groups excluding carboxylic acids is 3. The van der Waals surface area contributed by atoms with Gasteiger partial charge in [0.25, 0.3) is 0 Å². The van der Waals surface area contributed by atoms with Crippen LogP contribution in [0.2, 0.25) is 0 Å². The number of Topliss-reactive ketones (excluding diaryl/α,β-unsaturated/α-hetero) is 1. The van der Waals surface area contributed by atoms with E-state index in [0.29, 0.717) is 17.5 Å². The van der Waals surface area contributed by atoms with E-state index in [1.165, 1.54) is 14.0 Å². The lowest BCUT2D eigenvalue weighted by Crippen LogP contribution is -2.19. The lowest BCUT2D eigenvalue weighted by atomic mass is 9.87. The number of benzene rings is 1. The average Bonchev–Trinajstić information content (AvgIpc) is 2.65. The van der Waals surface area contributed by atoms with E-state index < -0.39 is 11.6 Å². The Kier molecular flexibility index (Phi) is 7.32. The van der Waals surface area contributed by atoms with E-state index in [9.17, 15) is 19.5 Å². The molecule has 148 valence electrons. The fourth-order valence-corrected chi connectivity index (χ4v) is 2.87. The quantitative estimate of drug-likeness (QED) is 0.542. The van der Waals surface area contributed by atoms with E-state index in [1.54, 1.807) is 24.3 Å². The highest BCUT2D eigenvalue weighted by Crippen LogP contribution is 2.35. The maximum Gasteiger partial charge on any atom is 0.302 e. The van der Waals surface area contributed by atoms with E-state index in [2.05, 4.69) is 0 Å². The average molecular weight is 384 g/mol. The highest BCUT2D eigenvalue weighted by atomic mass is 16.5. The number of esters is 1. The van der Waals surface area contributed by atoms with E-state index in [0.717, 1.165) is 18.9 Å². The monoisotopic (exact) mass is 384 g/mol. The predicted octanol–water partition coefficient (Wildman–Crippen LogP) is 3.78. The molecular weight excluding hydrogens is 360 g/mol. The minimum Gasteiger partial charge on any atom is -0.507 e. The van der Waals surface area contributed by atoms with Crippen molar-refractivity contribution < 1.29 is 29.0 Å². The first-order valence-electron chi connectivity index (χ1n) is 9.09. The van der Waals surface area contributed by atoms with Gasteiger partial charge < -0.3 is 14.6 Å². The van der Waals surface area contributed by atoms with E-state index in [4.69, 9.17) is 9.47 Å². The summed E-state index contributed by atoms with van der Waals surface area (Å²) in [6, 6.07) is 1.61. The number of hydrogen-bond acceptors (Lipinski definition) is 6. The fourth-order valence-electron chi connectivity index (χ4n) is 2.87. The number of carbonyl (C=O) groups is 3. The van der Waals surface area contributed by atoms with Crippen molar-refractivity contribution in [1.82, 2.24) is 0 Å². The van der Waals surface area contributed by atoms with Crippen LogP contribution < -0.4 is 0 Å². The zero-order chi connectivity index (χ0) is 20.7. The van der Waals surface area contributed by atoms with Gasteiger partial charge in [-0.15, -0.1) is 0 Å². The molecule has 0 saturated carbocycles. The highest BCUT2D eigenvalue weighted by molar-refractivity contribution is 6.25. The standard InChI is InChI=1S/C22H24O6/c1-4-5-6-10-16-15(9-7-8-11-28-14(2)23)12-17-20(22(16)26)18(24)13-19(27-3)21(17)25/h6-8,10,12-13,26H,4-5,9,11H2,1-3H3/b8-7+,10-6+. The zero-order valence-electron chi connectivity index (χ0n) is 16.3. The first-order valence-corrected chi connectivity index (χ1v) is 9.09. The van der Waals surface area contributed by atoms with Gasteiger partial charge in [0.05, 0.1) is 12.7 Å². The second-order valence-electron chi connectivity index (χ2n) is 6.30. The van der Waals surface area contributed by atoms with Gasteiger partial charge in [-0.3, -0.25) is 14.4 Å². The van der Waals surface area contributed by atoms with Gasteiger partial charge in [-0.05, 0) is 24.5 Å². The van der Waals surface area contributed by atoms with Gasteiger partial charge in [0.1, 0.15) is 12.4 Å². The number of ether oxygens (including phenoxy) is 2. The molecule has 0 unspecified atom stereocenters. The Hall–Kier alpha value is -3.15. The first-order chi connectivity index (χ1) is 13.4. The van der Waals surface area contributed by atoms with Crippen molar-refractivity contribution in [3.05, 3.63) is 58.4 Å². The molecule has 6 nitrogen and oxygen atoms in total. The number of phenols is 1. The van der Waals surface area contributed by atoms with Crippen LogP contribution in [0.15, 0.2) is 36.1 Å². The Morgan fingerprint density at radius 3 is 2.61 bits per heavy atom. The van der Waals surface area contributed by atoms with E-state index >= 15 is 0 Å². The van der Waals surface area contributed by atoms with Crippen molar-refractivity contribution in [2.75, 3.05) is 13.7 Å². The summed E-state index contributed by atoms with van der Waals surface area (Å²) in [7, 11) is 1.32. The minimum absolute atomic E-state index is 0.00501. The van der Waals surface area contributed by atoms with Crippen LogP contribution in [0.1, 0.15) is 58.5 Å². The molecule has 0 atom stereocenters. The molecule has 0 aliphatic heterocycles. The molecule has 1 aliphatic carbocycles. The van der Waals surface area contributed by atoms with Crippen LogP contribution in [0, 0.1) is 0 Å². The predicted molar refractivity (Wildman–Crippen MR) is 105 cm³/mol. The molecule has 1 aromatic rings. The third-order valence-corrected chi connectivity index (χ3v) is 4.25. The SMILES string of the molecule is CCC/C=C/c1c(C/C=C/COC(C)=O)cc2c(c1O)C(=O)C=C(OC)C2=O. The topological polar surface area (TPSA) is 89.9 Å². The Balaban J connectivity index is 2.46. The van der Waals surface area contributed by atoms with Gasteiger partial charge in [-0.2, -0.15) is 0 Å². The molecule has 0 aromatic heterocycles. The highest BCUT2D eigenvalue weighted by Gasteiger charge is 2.31.